The van der Waals surface area contributed by atoms with Crippen LogP contribution >= 0.6 is 11.3 Å². The Morgan fingerprint density at radius 1 is 1.40 bits per heavy atom. The van der Waals surface area contributed by atoms with Crippen molar-refractivity contribution < 1.29 is 17.9 Å². The Morgan fingerprint density at radius 3 is 2.50 bits per heavy atom. The number of rotatable bonds is 7. The lowest BCUT2D eigenvalue weighted by Crippen LogP contribution is -2.52. The Bertz CT molecular complexity index is 565. The van der Waals surface area contributed by atoms with Gasteiger partial charge in [0.05, 0.1) is 7.11 Å². The zero-order valence-corrected chi connectivity index (χ0v) is 13.9. The van der Waals surface area contributed by atoms with Gasteiger partial charge in [-0.05, 0) is 31.9 Å². The van der Waals surface area contributed by atoms with Crippen molar-refractivity contribution >= 4 is 27.3 Å². The number of aryl methyl sites for hydroxylation is 1. The molecule has 0 aliphatic heterocycles. The minimum absolute atomic E-state index is 0.223. The van der Waals surface area contributed by atoms with E-state index in [2.05, 4.69) is 4.72 Å². The van der Waals surface area contributed by atoms with Crippen molar-refractivity contribution in [1.29, 1.82) is 0 Å². The molecule has 1 unspecified atom stereocenters. The highest BCUT2D eigenvalue weighted by Gasteiger charge is 2.38. The molecule has 0 aliphatic carbocycles. The summed E-state index contributed by atoms with van der Waals surface area (Å²) >= 11 is 1.22. The zero-order valence-electron chi connectivity index (χ0n) is 12.2. The maximum absolute atomic E-state index is 12.4. The van der Waals surface area contributed by atoms with E-state index in [4.69, 9.17) is 4.74 Å². The van der Waals surface area contributed by atoms with Crippen LogP contribution in [0, 0.1) is 0 Å². The van der Waals surface area contributed by atoms with Gasteiger partial charge in [0.15, 0.2) is 0 Å². The molecule has 0 bridgehead atoms. The number of ether oxygens (including phenoxy) is 1. The summed E-state index contributed by atoms with van der Waals surface area (Å²) in [6.45, 7) is 5.40. The molecule has 114 valence electrons. The van der Waals surface area contributed by atoms with Gasteiger partial charge in [-0.2, -0.15) is 4.72 Å². The van der Waals surface area contributed by atoms with E-state index < -0.39 is 21.5 Å². The highest BCUT2D eigenvalue weighted by atomic mass is 32.2. The van der Waals surface area contributed by atoms with Crippen LogP contribution in [0.15, 0.2) is 16.3 Å². The largest absolute Gasteiger partial charge is 0.468 e. The molecule has 1 rings (SSSR count). The topological polar surface area (TPSA) is 72.5 Å². The summed E-state index contributed by atoms with van der Waals surface area (Å²) in [5.41, 5.74) is -1.24. The quantitative estimate of drug-likeness (QED) is 0.783. The zero-order chi connectivity index (χ0) is 15.4. The van der Waals surface area contributed by atoms with Gasteiger partial charge in [0.2, 0.25) is 0 Å². The number of sulfonamides is 1. The number of esters is 1. The summed E-state index contributed by atoms with van der Waals surface area (Å²) in [7, 11) is -2.46. The van der Waals surface area contributed by atoms with Crippen LogP contribution in [0.1, 0.15) is 38.5 Å². The van der Waals surface area contributed by atoms with Crippen LogP contribution in [0.4, 0.5) is 0 Å². The van der Waals surface area contributed by atoms with Gasteiger partial charge in [0.1, 0.15) is 9.75 Å². The lowest BCUT2D eigenvalue weighted by atomic mass is 9.98. The molecular formula is C13H21NO4S2. The lowest BCUT2D eigenvalue weighted by molar-refractivity contribution is -0.147. The van der Waals surface area contributed by atoms with Gasteiger partial charge in [0.25, 0.3) is 10.0 Å². The van der Waals surface area contributed by atoms with Gasteiger partial charge in [-0.3, -0.25) is 4.79 Å². The average Bonchev–Trinajstić information content (AvgIpc) is 2.87. The summed E-state index contributed by atoms with van der Waals surface area (Å²) in [4.78, 5) is 12.8. The molecule has 0 radical (unpaired) electrons. The van der Waals surface area contributed by atoms with Crippen molar-refractivity contribution in [3.63, 3.8) is 0 Å². The van der Waals surface area contributed by atoms with E-state index >= 15 is 0 Å². The second-order valence-electron chi connectivity index (χ2n) is 4.75. The van der Waals surface area contributed by atoms with Gasteiger partial charge in [-0.25, -0.2) is 8.42 Å². The molecule has 7 heteroatoms. The number of nitrogens with one attached hydrogen (secondary N) is 1. The summed E-state index contributed by atoms with van der Waals surface area (Å²) < 4.78 is 32.1. The van der Waals surface area contributed by atoms with E-state index in [1.807, 2.05) is 13.8 Å². The fourth-order valence-electron chi connectivity index (χ4n) is 1.96. The second-order valence-corrected chi connectivity index (χ2v) is 7.83. The maximum Gasteiger partial charge on any atom is 0.326 e. The van der Waals surface area contributed by atoms with Gasteiger partial charge in [-0.15, -0.1) is 11.3 Å². The van der Waals surface area contributed by atoms with Crippen LogP contribution < -0.4 is 4.72 Å². The lowest BCUT2D eigenvalue weighted by Gasteiger charge is -2.26. The van der Waals surface area contributed by atoms with E-state index in [1.165, 1.54) is 18.4 Å². The first-order chi connectivity index (χ1) is 9.29. The fraction of sp³-hybridized carbons (Fsp3) is 0.615. The smallest absolute Gasteiger partial charge is 0.326 e. The SMILES string of the molecule is CCCC(C)(NS(=O)(=O)c1ccc(CC)s1)C(=O)OC. The van der Waals surface area contributed by atoms with E-state index in [1.54, 1.807) is 19.1 Å². The van der Waals surface area contributed by atoms with Crippen LogP contribution in [0.5, 0.6) is 0 Å². The van der Waals surface area contributed by atoms with Crippen molar-refractivity contribution in [2.24, 2.45) is 0 Å². The first-order valence-corrected chi connectivity index (χ1v) is 8.80. The molecule has 20 heavy (non-hydrogen) atoms. The van der Waals surface area contributed by atoms with Gasteiger partial charge in [-0.1, -0.05) is 20.3 Å². The van der Waals surface area contributed by atoms with Crippen molar-refractivity contribution in [2.45, 2.75) is 49.8 Å². The Kier molecular flexibility index (Phi) is 5.73. The van der Waals surface area contributed by atoms with Crippen LogP contribution in [0.25, 0.3) is 0 Å². The third-order valence-corrected chi connectivity index (χ3v) is 6.31. The number of thiophene rings is 1. The monoisotopic (exact) mass is 319 g/mol. The third-order valence-electron chi connectivity index (χ3n) is 3.00. The third kappa shape index (κ3) is 3.80. The highest BCUT2D eigenvalue weighted by Crippen LogP contribution is 2.25. The molecular weight excluding hydrogens is 298 g/mol. The number of carbonyl (C=O) groups excluding carboxylic acids is 1. The molecule has 1 aromatic heterocycles. The number of methoxy groups -OCH3 is 1. The van der Waals surface area contributed by atoms with Crippen LogP contribution in [-0.4, -0.2) is 27.0 Å². The Balaban J connectivity index is 3.05. The average molecular weight is 319 g/mol. The van der Waals surface area contributed by atoms with Gasteiger partial charge in [0, 0.05) is 4.88 Å². The number of hydrogen-bond donors (Lipinski definition) is 1. The van der Waals surface area contributed by atoms with Crippen LogP contribution in [-0.2, 0) is 26.0 Å². The molecule has 1 aromatic rings. The van der Waals surface area contributed by atoms with Crippen molar-refractivity contribution in [1.82, 2.24) is 4.72 Å². The predicted octanol–water partition coefficient (Wildman–Crippen LogP) is 2.32. The molecule has 5 nitrogen and oxygen atoms in total. The minimum Gasteiger partial charge on any atom is -0.468 e. The van der Waals surface area contributed by atoms with E-state index in [-0.39, 0.29) is 4.21 Å². The Morgan fingerprint density at radius 2 is 2.05 bits per heavy atom. The van der Waals surface area contributed by atoms with Gasteiger partial charge < -0.3 is 4.74 Å². The van der Waals surface area contributed by atoms with E-state index in [9.17, 15) is 13.2 Å². The molecule has 0 amide bonds. The first kappa shape index (κ1) is 17.1. The molecule has 1 N–H and O–H groups in total. The summed E-state index contributed by atoms with van der Waals surface area (Å²) in [5.74, 6) is -0.574. The second kappa shape index (κ2) is 6.69. The molecule has 1 atom stereocenters. The maximum atomic E-state index is 12.4. The standard InChI is InChI=1S/C13H21NO4S2/c1-5-9-13(3,12(15)18-4)14-20(16,17)11-8-7-10(6-2)19-11/h7-8,14H,5-6,9H2,1-4H3. The van der Waals surface area contributed by atoms with Crippen molar-refractivity contribution in [3.05, 3.63) is 17.0 Å². The molecule has 0 fully saturated rings. The summed E-state index contributed by atoms with van der Waals surface area (Å²) in [5, 5.41) is 0. The highest BCUT2D eigenvalue weighted by molar-refractivity contribution is 7.91. The van der Waals surface area contributed by atoms with Gasteiger partial charge >= 0.3 is 5.97 Å². The normalized spacial score (nSPS) is 14.8. The fourth-order valence-corrected chi connectivity index (χ4v) is 4.65. The van der Waals surface area contributed by atoms with Crippen LogP contribution in [0.2, 0.25) is 0 Å². The number of carbonyl (C=O) groups is 1. The van der Waals surface area contributed by atoms with Crippen molar-refractivity contribution in [3.8, 4) is 0 Å². The Hall–Kier alpha value is -0.920. The molecule has 0 aromatic carbocycles. The van der Waals surface area contributed by atoms with Crippen LogP contribution in [0.3, 0.4) is 0 Å². The van der Waals surface area contributed by atoms with Crippen molar-refractivity contribution in [2.75, 3.05) is 7.11 Å². The molecule has 0 aliphatic rings. The minimum atomic E-state index is -3.72. The predicted molar refractivity (Wildman–Crippen MR) is 79.3 cm³/mol. The molecule has 1 heterocycles. The van der Waals surface area contributed by atoms with E-state index in [0.717, 1.165) is 11.3 Å². The summed E-state index contributed by atoms with van der Waals surface area (Å²) in [6.07, 6.45) is 1.83. The number of hydrogen-bond acceptors (Lipinski definition) is 5. The van der Waals surface area contributed by atoms with E-state index in [0.29, 0.717) is 12.8 Å². The Labute approximate surface area is 124 Å². The first-order valence-electron chi connectivity index (χ1n) is 6.50. The molecule has 0 saturated carbocycles. The molecule has 0 saturated heterocycles. The summed E-state index contributed by atoms with van der Waals surface area (Å²) in [6, 6.07) is 3.35. The molecule has 0 spiro atoms.